The molecule has 1 fully saturated rings. The molecule has 19 heavy (non-hydrogen) atoms. The first-order chi connectivity index (χ1) is 9.06. The molecule has 0 amide bonds. The van der Waals surface area contributed by atoms with Crippen LogP contribution in [0.15, 0.2) is 33.9 Å². The fourth-order valence-corrected chi connectivity index (χ4v) is 3.91. The molecule has 1 heterocycles. The smallest absolute Gasteiger partial charge is 0.208 e. The summed E-state index contributed by atoms with van der Waals surface area (Å²) in [6.07, 6.45) is 0.852. The molecular formula is C12H10BrCl2N3S. The van der Waals surface area contributed by atoms with Crippen LogP contribution in [0.25, 0.3) is 11.4 Å². The van der Waals surface area contributed by atoms with E-state index in [1.807, 2.05) is 24.3 Å². The van der Waals surface area contributed by atoms with E-state index in [9.17, 15) is 0 Å². The largest absolute Gasteiger partial charge is 0.258 e. The van der Waals surface area contributed by atoms with Crippen molar-refractivity contribution in [2.75, 3.05) is 5.75 Å². The van der Waals surface area contributed by atoms with Gasteiger partial charge in [0, 0.05) is 21.7 Å². The van der Waals surface area contributed by atoms with E-state index in [-0.39, 0.29) is 0 Å². The van der Waals surface area contributed by atoms with Crippen molar-refractivity contribution < 1.29 is 0 Å². The van der Waals surface area contributed by atoms with E-state index in [1.165, 1.54) is 0 Å². The Morgan fingerprint density at radius 1 is 1.42 bits per heavy atom. The molecule has 1 aliphatic carbocycles. The molecule has 1 aromatic carbocycles. The standard InChI is InChI=1S/C12H10BrCl2N3S/c13-9-4-2-1-3-8(9)10-16-11(18-17-10)19-6-7-5-12(7,14)15/h1-4,7H,5-6H2,(H,16,17,18)/t7-/m1/s1. The third-order valence-corrected chi connectivity index (χ3v) is 5.59. The van der Waals surface area contributed by atoms with Crippen molar-refractivity contribution in [3.05, 3.63) is 28.7 Å². The lowest BCUT2D eigenvalue weighted by Gasteiger charge is -1.98. The number of nitrogens with zero attached hydrogens (tertiary/aromatic N) is 2. The molecule has 0 aliphatic heterocycles. The number of hydrogen-bond acceptors (Lipinski definition) is 3. The van der Waals surface area contributed by atoms with Crippen LogP contribution in [-0.4, -0.2) is 25.3 Å². The number of hydrogen-bond donors (Lipinski definition) is 1. The lowest BCUT2D eigenvalue weighted by atomic mass is 10.2. The van der Waals surface area contributed by atoms with Crippen molar-refractivity contribution in [2.24, 2.45) is 5.92 Å². The van der Waals surface area contributed by atoms with Crippen LogP contribution in [0.5, 0.6) is 0 Å². The number of aromatic amines is 1. The van der Waals surface area contributed by atoms with Crippen LogP contribution in [0.2, 0.25) is 0 Å². The van der Waals surface area contributed by atoms with Gasteiger partial charge in [0.25, 0.3) is 0 Å². The van der Waals surface area contributed by atoms with E-state index in [2.05, 4.69) is 31.1 Å². The highest BCUT2D eigenvalue weighted by Gasteiger charge is 2.51. The molecule has 0 saturated heterocycles. The highest BCUT2D eigenvalue weighted by molar-refractivity contribution is 9.10. The van der Waals surface area contributed by atoms with Crippen molar-refractivity contribution in [1.29, 1.82) is 0 Å². The molecule has 3 nitrogen and oxygen atoms in total. The fraction of sp³-hybridized carbons (Fsp3) is 0.333. The summed E-state index contributed by atoms with van der Waals surface area (Å²) in [6, 6.07) is 7.90. The molecule has 7 heteroatoms. The summed E-state index contributed by atoms with van der Waals surface area (Å²) in [5, 5.41) is 7.87. The SMILES string of the molecule is ClC1(Cl)C[C@@H]1CSc1n[nH]c(-c2ccccc2Br)n1. The quantitative estimate of drug-likeness (QED) is 0.628. The number of H-pyrrole nitrogens is 1. The molecule has 0 radical (unpaired) electrons. The second-order valence-corrected chi connectivity index (χ2v) is 7.80. The number of halogens is 3. The molecule has 1 N–H and O–H groups in total. The van der Waals surface area contributed by atoms with E-state index >= 15 is 0 Å². The fourth-order valence-electron chi connectivity index (χ4n) is 1.71. The minimum atomic E-state index is -0.533. The molecule has 0 unspecified atom stereocenters. The van der Waals surface area contributed by atoms with Crippen LogP contribution in [-0.2, 0) is 0 Å². The van der Waals surface area contributed by atoms with E-state index in [1.54, 1.807) is 11.8 Å². The van der Waals surface area contributed by atoms with Crippen LogP contribution in [0, 0.1) is 5.92 Å². The summed E-state index contributed by atoms with van der Waals surface area (Å²) in [7, 11) is 0. The second-order valence-electron chi connectivity index (χ2n) is 4.42. The van der Waals surface area contributed by atoms with Gasteiger partial charge in [0.15, 0.2) is 5.82 Å². The van der Waals surface area contributed by atoms with Crippen molar-refractivity contribution in [3.8, 4) is 11.4 Å². The summed E-state index contributed by atoms with van der Waals surface area (Å²) in [4.78, 5) is 4.47. The third-order valence-electron chi connectivity index (χ3n) is 2.96. The van der Waals surface area contributed by atoms with Crippen molar-refractivity contribution in [3.63, 3.8) is 0 Å². The van der Waals surface area contributed by atoms with Gasteiger partial charge in [-0.05, 0) is 12.5 Å². The van der Waals surface area contributed by atoms with Gasteiger partial charge in [0.2, 0.25) is 5.16 Å². The van der Waals surface area contributed by atoms with Crippen LogP contribution in [0.4, 0.5) is 0 Å². The van der Waals surface area contributed by atoms with Gasteiger partial charge >= 0.3 is 0 Å². The first-order valence-electron chi connectivity index (χ1n) is 5.74. The number of nitrogens with one attached hydrogen (secondary N) is 1. The Labute approximate surface area is 133 Å². The number of thioether (sulfide) groups is 1. The Balaban J connectivity index is 1.68. The molecule has 1 saturated carbocycles. The lowest BCUT2D eigenvalue weighted by molar-refractivity contribution is 0.945. The number of rotatable bonds is 4. The molecule has 1 aliphatic rings. The Morgan fingerprint density at radius 2 is 2.16 bits per heavy atom. The minimum Gasteiger partial charge on any atom is -0.258 e. The van der Waals surface area contributed by atoms with Gasteiger partial charge in [-0.15, -0.1) is 28.3 Å². The van der Waals surface area contributed by atoms with Crippen LogP contribution >= 0.6 is 50.9 Å². The molecule has 1 aromatic heterocycles. The van der Waals surface area contributed by atoms with Gasteiger partial charge in [0.05, 0.1) is 0 Å². The average Bonchev–Trinajstić information content (AvgIpc) is 2.79. The average molecular weight is 379 g/mol. The maximum absolute atomic E-state index is 5.99. The first-order valence-corrected chi connectivity index (χ1v) is 8.27. The van der Waals surface area contributed by atoms with Gasteiger partial charge in [-0.1, -0.05) is 45.9 Å². The predicted molar refractivity (Wildman–Crippen MR) is 82.8 cm³/mol. The van der Waals surface area contributed by atoms with Crippen LogP contribution in [0.3, 0.4) is 0 Å². The summed E-state index contributed by atoms with van der Waals surface area (Å²) in [5.41, 5.74) is 0.998. The van der Waals surface area contributed by atoms with E-state index in [0.717, 1.165) is 33.2 Å². The minimum absolute atomic E-state index is 0.339. The summed E-state index contributed by atoms with van der Waals surface area (Å²) in [5.74, 6) is 1.94. The summed E-state index contributed by atoms with van der Waals surface area (Å²) < 4.78 is 0.458. The highest BCUT2D eigenvalue weighted by atomic mass is 79.9. The summed E-state index contributed by atoms with van der Waals surface area (Å²) in [6.45, 7) is 0. The predicted octanol–water partition coefficient (Wildman–Crippen LogP) is 4.52. The zero-order chi connectivity index (χ0) is 13.5. The number of alkyl halides is 2. The second kappa shape index (κ2) is 5.28. The summed E-state index contributed by atoms with van der Waals surface area (Å²) >= 11 is 17.1. The van der Waals surface area contributed by atoms with Gasteiger partial charge < -0.3 is 0 Å². The Morgan fingerprint density at radius 3 is 2.84 bits per heavy atom. The molecule has 0 bridgehead atoms. The number of benzene rings is 1. The molecule has 3 rings (SSSR count). The van der Waals surface area contributed by atoms with Gasteiger partial charge in [0.1, 0.15) is 4.33 Å². The zero-order valence-electron chi connectivity index (χ0n) is 9.74. The Bertz CT molecular complexity index is 602. The van der Waals surface area contributed by atoms with E-state index < -0.39 is 4.33 Å². The third kappa shape index (κ3) is 3.10. The first kappa shape index (κ1) is 13.7. The van der Waals surface area contributed by atoms with Gasteiger partial charge in [-0.25, -0.2) is 4.98 Å². The van der Waals surface area contributed by atoms with Crippen molar-refractivity contribution in [2.45, 2.75) is 15.9 Å². The Hall–Kier alpha value is -0.230. The topological polar surface area (TPSA) is 41.6 Å². The molecule has 100 valence electrons. The van der Waals surface area contributed by atoms with Crippen LogP contribution < -0.4 is 0 Å². The Kier molecular flexibility index (Phi) is 3.82. The van der Waals surface area contributed by atoms with Crippen molar-refractivity contribution in [1.82, 2.24) is 15.2 Å². The van der Waals surface area contributed by atoms with Crippen LogP contribution in [0.1, 0.15) is 6.42 Å². The lowest BCUT2D eigenvalue weighted by Crippen LogP contribution is -1.93. The van der Waals surface area contributed by atoms with E-state index in [4.69, 9.17) is 23.2 Å². The highest BCUT2D eigenvalue weighted by Crippen LogP contribution is 2.54. The normalized spacial score (nSPS) is 20.5. The van der Waals surface area contributed by atoms with Gasteiger partial charge in [-0.2, -0.15) is 0 Å². The molecule has 0 spiro atoms. The van der Waals surface area contributed by atoms with Gasteiger partial charge in [-0.3, -0.25) is 5.10 Å². The molecule has 1 atom stereocenters. The maximum Gasteiger partial charge on any atom is 0.208 e. The zero-order valence-corrected chi connectivity index (χ0v) is 13.7. The van der Waals surface area contributed by atoms with E-state index in [0.29, 0.717) is 5.92 Å². The molecule has 2 aromatic rings. The maximum atomic E-state index is 5.99. The van der Waals surface area contributed by atoms with Crippen molar-refractivity contribution >= 4 is 50.9 Å². The molecular weight excluding hydrogens is 369 g/mol. The number of aromatic nitrogens is 3. The monoisotopic (exact) mass is 377 g/mol.